The molecule has 3 heterocycles. The fourth-order valence-corrected chi connectivity index (χ4v) is 4.69. The first-order valence-corrected chi connectivity index (χ1v) is 11.1. The highest BCUT2D eigenvalue weighted by Crippen LogP contribution is 2.29. The van der Waals surface area contributed by atoms with E-state index in [1.807, 2.05) is 41.9 Å². The highest BCUT2D eigenvalue weighted by atomic mass is 16.1. The molecule has 2 fully saturated rings. The predicted octanol–water partition coefficient (Wildman–Crippen LogP) is 2.69. The van der Waals surface area contributed by atoms with Gasteiger partial charge in [-0.3, -0.25) is 9.36 Å². The summed E-state index contributed by atoms with van der Waals surface area (Å²) in [4.78, 5) is 33.1. The van der Waals surface area contributed by atoms with Crippen molar-refractivity contribution in [3.05, 3.63) is 47.1 Å². The maximum absolute atomic E-state index is 13.0. The zero-order chi connectivity index (χ0) is 21.4. The molecule has 0 N–H and O–H groups in total. The maximum atomic E-state index is 13.0. The van der Waals surface area contributed by atoms with E-state index in [0.717, 1.165) is 62.0 Å². The molecule has 2 aromatic heterocycles. The van der Waals surface area contributed by atoms with Gasteiger partial charge in [-0.2, -0.15) is 4.98 Å². The summed E-state index contributed by atoms with van der Waals surface area (Å²) in [6.45, 7) is 3.56. The predicted molar refractivity (Wildman–Crippen MR) is 124 cm³/mol. The average Bonchev–Trinajstić information content (AvgIpc) is 3.34. The van der Waals surface area contributed by atoms with E-state index in [2.05, 4.69) is 36.9 Å². The molecule has 0 atom stereocenters. The number of anilines is 3. The van der Waals surface area contributed by atoms with Crippen molar-refractivity contribution in [3.63, 3.8) is 0 Å². The summed E-state index contributed by atoms with van der Waals surface area (Å²) in [5.74, 6) is 1.69. The topological polar surface area (TPSA) is 70.4 Å². The van der Waals surface area contributed by atoms with Gasteiger partial charge in [0.05, 0.1) is 17.2 Å². The van der Waals surface area contributed by atoms with Gasteiger partial charge < -0.3 is 14.7 Å². The Hall–Kier alpha value is -3.16. The van der Waals surface area contributed by atoms with Crippen LogP contribution in [-0.2, 0) is 0 Å². The van der Waals surface area contributed by atoms with E-state index >= 15 is 0 Å². The van der Waals surface area contributed by atoms with Gasteiger partial charge in [-0.1, -0.05) is 12.8 Å². The number of benzene rings is 1. The standard InChI is InChI=1S/C23H29N7O/c1-27(2)23-24-10-9-21(26-23)29-13-11-28(12-14-29)18-7-8-19-20(15-18)25-16-30(22(19)31)17-5-3-4-6-17/h7-10,15-17H,3-6,11-14H2,1-2H3. The van der Waals surface area contributed by atoms with Gasteiger partial charge in [0.1, 0.15) is 5.82 Å². The summed E-state index contributed by atoms with van der Waals surface area (Å²) in [6.07, 6.45) is 8.13. The molecule has 0 radical (unpaired) electrons. The van der Waals surface area contributed by atoms with Gasteiger partial charge in [0.25, 0.3) is 5.56 Å². The largest absolute Gasteiger partial charge is 0.368 e. The van der Waals surface area contributed by atoms with Crippen LogP contribution >= 0.6 is 0 Å². The van der Waals surface area contributed by atoms with Crippen molar-refractivity contribution in [1.82, 2.24) is 19.5 Å². The van der Waals surface area contributed by atoms with E-state index in [-0.39, 0.29) is 5.56 Å². The first kappa shape index (κ1) is 19.8. The lowest BCUT2D eigenvalue weighted by atomic mass is 10.1. The summed E-state index contributed by atoms with van der Waals surface area (Å²) in [6, 6.07) is 8.35. The molecule has 0 amide bonds. The summed E-state index contributed by atoms with van der Waals surface area (Å²) in [5.41, 5.74) is 1.99. The van der Waals surface area contributed by atoms with Crippen LogP contribution in [0.15, 0.2) is 41.6 Å². The monoisotopic (exact) mass is 419 g/mol. The van der Waals surface area contributed by atoms with Gasteiger partial charge in [-0.15, -0.1) is 0 Å². The lowest BCUT2D eigenvalue weighted by Crippen LogP contribution is -2.47. The van der Waals surface area contributed by atoms with Gasteiger partial charge in [0, 0.05) is 58.2 Å². The number of piperazine rings is 1. The van der Waals surface area contributed by atoms with Crippen LogP contribution in [0.1, 0.15) is 31.7 Å². The lowest BCUT2D eigenvalue weighted by molar-refractivity contribution is 0.499. The van der Waals surface area contributed by atoms with E-state index in [9.17, 15) is 4.79 Å². The molecule has 1 aromatic carbocycles. The average molecular weight is 420 g/mol. The number of hydrogen-bond acceptors (Lipinski definition) is 7. The molecule has 1 aliphatic carbocycles. The second kappa shape index (κ2) is 8.17. The molecule has 5 rings (SSSR count). The van der Waals surface area contributed by atoms with Crippen LogP contribution in [0.3, 0.4) is 0 Å². The Morgan fingerprint density at radius 3 is 2.45 bits per heavy atom. The smallest absolute Gasteiger partial charge is 0.261 e. The molecular weight excluding hydrogens is 390 g/mol. The van der Waals surface area contributed by atoms with Crippen molar-refractivity contribution >= 4 is 28.4 Å². The third-order valence-electron chi connectivity index (χ3n) is 6.48. The van der Waals surface area contributed by atoms with E-state index in [4.69, 9.17) is 0 Å². The van der Waals surface area contributed by atoms with Gasteiger partial charge >= 0.3 is 0 Å². The van der Waals surface area contributed by atoms with Crippen molar-refractivity contribution in [2.24, 2.45) is 0 Å². The van der Waals surface area contributed by atoms with Gasteiger partial charge in [-0.05, 0) is 37.1 Å². The van der Waals surface area contributed by atoms with E-state index in [1.54, 1.807) is 6.33 Å². The number of fused-ring (bicyclic) bond motifs is 1. The normalized spacial score (nSPS) is 17.5. The quantitative estimate of drug-likeness (QED) is 0.644. The van der Waals surface area contributed by atoms with Crippen LogP contribution in [0.25, 0.3) is 10.9 Å². The first-order valence-electron chi connectivity index (χ1n) is 11.1. The van der Waals surface area contributed by atoms with Gasteiger partial charge in [0.15, 0.2) is 0 Å². The molecule has 162 valence electrons. The summed E-state index contributed by atoms with van der Waals surface area (Å²) in [7, 11) is 3.90. The van der Waals surface area contributed by atoms with E-state index in [1.165, 1.54) is 12.8 Å². The van der Waals surface area contributed by atoms with Crippen LogP contribution in [0.2, 0.25) is 0 Å². The fourth-order valence-electron chi connectivity index (χ4n) is 4.69. The number of rotatable bonds is 4. The summed E-state index contributed by atoms with van der Waals surface area (Å²) < 4.78 is 1.84. The number of aromatic nitrogens is 4. The minimum atomic E-state index is 0.0914. The fraction of sp³-hybridized carbons (Fsp3) is 0.478. The Bertz CT molecular complexity index is 1130. The molecular formula is C23H29N7O. The second-order valence-corrected chi connectivity index (χ2v) is 8.68. The number of hydrogen-bond donors (Lipinski definition) is 0. The van der Waals surface area contributed by atoms with Gasteiger partial charge in [0.2, 0.25) is 5.95 Å². The molecule has 3 aromatic rings. The third-order valence-corrected chi connectivity index (χ3v) is 6.48. The van der Waals surface area contributed by atoms with Crippen LogP contribution in [0.4, 0.5) is 17.5 Å². The van der Waals surface area contributed by atoms with E-state index < -0.39 is 0 Å². The second-order valence-electron chi connectivity index (χ2n) is 8.68. The highest BCUT2D eigenvalue weighted by Gasteiger charge is 2.21. The van der Waals surface area contributed by atoms with Crippen LogP contribution in [0, 0.1) is 0 Å². The summed E-state index contributed by atoms with van der Waals surface area (Å²) >= 11 is 0. The third kappa shape index (κ3) is 3.82. The molecule has 0 unspecified atom stereocenters. The van der Waals surface area contributed by atoms with Crippen molar-refractivity contribution in [2.45, 2.75) is 31.7 Å². The van der Waals surface area contributed by atoms with Crippen molar-refractivity contribution in [2.75, 3.05) is 55.0 Å². The maximum Gasteiger partial charge on any atom is 0.261 e. The molecule has 31 heavy (non-hydrogen) atoms. The zero-order valence-corrected chi connectivity index (χ0v) is 18.2. The van der Waals surface area contributed by atoms with Gasteiger partial charge in [-0.25, -0.2) is 9.97 Å². The Labute approximate surface area is 182 Å². The SMILES string of the molecule is CN(C)c1nccc(N2CCN(c3ccc4c(=O)n(C5CCCC5)cnc4c3)CC2)n1. The molecule has 8 heteroatoms. The molecule has 0 bridgehead atoms. The molecule has 1 aliphatic heterocycles. The zero-order valence-electron chi connectivity index (χ0n) is 18.2. The van der Waals surface area contributed by atoms with Crippen LogP contribution in [-0.4, -0.2) is 59.8 Å². The molecule has 8 nitrogen and oxygen atoms in total. The Kier molecular flexibility index (Phi) is 5.21. The Balaban J connectivity index is 1.32. The van der Waals surface area contributed by atoms with Crippen molar-refractivity contribution in [3.8, 4) is 0 Å². The Morgan fingerprint density at radius 1 is 0.968 bits per heavy atom. The molecule has 1 saturated heterocycles. The summed E-state index contributed by atoms with van der Waals surface area (Å²) in [5, 5.41) is 0.717. The first-order chi connectivity index (χ1) is 15.1. The highest BCUT2D eigenvalue weighted by molar-refractivity contribution is 5.81. The van der Waals surface area contributed by atoms with Crippen LogP contribution < -0.4 is 20.3 Å². The lowest BCUT2D eigenvalue weighted by Gasteiger charge is -2.36. The molecule has 2 aliphatic rings. The van der Waals surface area contributed by atoms with Crippen LogP contribution in [0.5, 0.6) is 0 Å². The molecule has 1 saturated carbocycles. The van der Waals surface area contributed by atoms with Crippen molar-refractivity contribution < 1.29 is 0 Å². The molecule has 0 spiro atoms. The van der Waals surface area contributed by atoms with E-state index in [0.29, 0.717) is 11.4 Å². The minimum Gasteiger partial charge on any atom is -0.368 e. The minimum absolute atomic E-state index is 0.0914. The van der Waals surface area contributed by atoms with Crippen molar-refractivity contribution in [1.29, 1.82) is 0 Å². The number of nitrogens with zero attached hydrogens (tertiary/aromatic N) is 7. The Morgan fingerprint density at radius 2 is 1.71 bits per heavy atom.